The largest absolute Gasteiger partial charge is 0.507 e. The monoisotopic (exact) mass is 485 g/mol. The Balaban J connectivity index is 1.83. The van der Waals surface area contributed by atoms with Crippen LogP contribution in [0.25, 0.3) is 5.76 Å². The Labute approximate surface area is 209 Å². The van der Waals surface area contributed by atoms with Gasteiger partial charge < -0.3 is 14.9 Å². The second-order valence-electron chi connectivity index (χ2n) is 9.58. The van der Waals surface area contributed by atoms with Gasteiger partial charge in [-0.3, -0.25) is 14.5 Å². The third-order valence-corrected chi connectivity index (χ3v) is 6.06. The van der Waals surface area contributed by atoms with Crippen LogP contribution in [0.5, 0.6) is 5.75 Å². The average Bonchev–Trinajstić information content (AvgIpc) is 3.13. The Morgan fingerprint density at radius 3 is 2.06 bits per heavy atom. The summed E-state index contributed by atoms with van der Waals surface area (Å²) in [5.41, 5.74) is 2.52. The highest BCUT2D eigenvalue weighted by molar-refractivity contribution is 6.51. The van der Waals surface area contributed by atoms with Crippen LogP contribution in [-0.4, -0.2) is 34.5 Å². The summed E-state index contributed by atoms with van der Waals surface area (Å²) in [5, 5.41) is 20.0. The lowest BCUT2D eigenvalue weighted by Gasteiger charge is -2.26. The first-order chi connectivity index (χ1) is 17.1. The van der Waals surface area contributed by atoms with E-state index in [-0.39, 0.29) is 16.7 Å². The predicted octanol–water partition coefficient (Wildman–Crippen LogP) is 5.07. The van der Waals surface area contributed by atoms with Gasteiger partial charge in [-0.15, -0.1) is 0 Å². The number of hydrogen-bond acceptors (Lipinski definition) is 5. The van der Waals surface area contributed by atoms with Crippen LogP contribution >= 0.6 is 0 Å². The number of carboxylic acid groups (broad SMARTS) is 1. The highest BCUT2D eigenvalue weighted by Crippen LogP contribution is 2.42. The molecule has 0 aromatic heterocycles. The van der Waals surface area contributed by atoms with Crippen molar-refractivity contribution < 1.29 is 29.3 Å². The Kier molecular flexibility index (Phi) is 6.66. The van der Waals surface area contributed by atoms with Crippen LogP contribution in [-0.2, 0) is 19.8 Å². The maximum atomic E-state index is 13.3. The molecule has 0 bridgehead atoms. The van der Waals surface area contributed by atoms with Gasteiger partial charge in [0, 0.05) is 11.3 Å². The number of anilines is 1. The fourth-order valence-corrected chi connectivity index (χ4v) is 4.18. The number of benzene rings is 3. The second kappa shape index (κ2) is 9.70. The summed E-state index contributed by atoms with van der Waals surface area (Å²) in [6.45, 7) is 5.79. The first kappa shape index (κ1) is 24.7. The number of aliphatic hydroxyl groups excluding tert-OH is 1. The van der Waals surface area contributed by atoms with E-state index < -0.39 is 30.3 Å². The van der Waals surface area contributed by atoms with Gasteiger partial charge in [0.05, 0.1) is 11.6 Å². The topological polar surface area (TPSA) is 104 Å². The molecule has 7 nitrogen and oxygen atoms in total. The quantitative estimate of drug-likeness (QED) is 0.287. The lowest BCUT2D eigenvalue weighted by molar-refractivity contribution is -0.139. The molecule has 2 N–H and O–H groups in total. The second-order valence-corrected chi connectivity index (χ2v) is 9.58. The van der Waals surface area contributed by atoms with Gasteiger partial charge in [0.2, 0.25) is 0 Å². The molecule has 7 heteroatoms. The van der Waals surface area contributed by atoms with Gasteiger partial charge in [0.25, 0.3) is 11.7 Å². The third kappa shape index (κ3) is 4.86. The minimum absolute atomic E-state index is 0.000845. The van der Waals surface area contributed by atoms with Gasteiger partial charge >= 0.3 is 5.97 Å². The summed E-state index contributed by atoms with van der Waals surface area (Å²) < 4.78 is 5.19. The minimum Gasteiger partial charge on any atom is -0.507 e. The number of nitrogens with zero attached hydrogens (tertiary/aromatic N) is 1. The molecule has 0 spiro atoms. The first-order valence-electron chi connectivity index (χ1n) is 11.5. The lowest BCUT2D eigenvalue weighted by atomic mass is 9.85. The zero-order valence-electron chi connectivity index (χ0n) is 20.3. The standard InChI is InChI=1S/C29H27NO6/c1-29(2,3)20-11-9-18(10-12-20)25-24(26(33)19-7-5-4-6-8-19)27(34)28(35)30(25)21-13-15-22(16-14-21)36-17-23(31)32/h4-16,25,33H,17H2,1-3H3,(H,31,32)/b26-24+. The highest BCUT2D eigenvalue weighted by atomic mass is 16.5. The SMILES string of the molecule is CC(C)(C)c1ccc(C2/C(=C(\O)c3ccccc3)C(=O)C(=O)N2c2ccc(OCC(=O)O)cc2)cc1. The first-order valence-corrected chi connectivity index (χ1v) is 11.5. The lowest BCUT2D eigenvalue weighted by Crippen LogP contribution is -2.29. The molecule has 0 aliphatic carbocycles. The Morgan fingerprint density at radius 2 is 1.50 bits per heavy atom. The molecule has 0 radical (unpaired) electrons. The van der Waals surface area contributed by atoms with Crippen molar-refractivity contribution in [1.82, 2.24) is 0 Å². The molecule has 1 aliphatic rings. The van der Waals surface area contributed by atoms with Crippen LogP contribution < -0.4 is 9.64 Å². The summed E-state index contributed by atoms with van der Waals surface area (Å²) in [7, 11) is 0. The van der Waals surface area contributed by atoms with Crippen molar-refractivity contribution in [2.24, 2.45) is 0 Å². The van der Waals surface area contributed by atoms with Crippen molar-refractivity contribution in [2.45, 2.75) is 32.2 Å². The van der Waals surface area contributed by atoms with E-state index in [0.717, 1.165) is 5.56 Å². The molecule has 36 heavy (non-hydrogen) atoms. The molecule has 1 atom stereocenters. The number of carbonyl (C=O) groups excluding carboxylic acids is 2. The van der Waals surface area contributed by atoms with Crippen LogP contribution in [0.3, 0.4) is 0 Å². The van der Waals surface area contributed by atoms with Gasteiger partial charge in [-0.05, 0) is 40.8 Å². The number of rotatable bonds is 6. The summed E-state index contributed by atoms with van der Waals surface area (Å²) in [5.74, 6) is -2.59. The number of ether oxygens (including phenoxy) is 1. The van der Waals surface area contributed by atoms with Crippen molar-refractivity contribution >= 4 is 29.1 Å². The molecule has 3 aromatic carbocycles. The third-order valence-electron chi connectivity index (χ3n) is 6.06. The summed E-state index contributed by atoms with van der Waals surface area (Å²) >= 11 is 0. The van der Waals surface area contributed by atoms with E-state index in [0.29, 0.717) is 22.6 Å². The fourth-order valence-electron chi connectivity index (χ4n) is 4.18. The number of Topliss-reactive ketones (excluding diaryl/α,β-unsaturated/α-hetero) is 1. The molecule has 1 fully saturated rings. The van der Waals surface area contributed by atoms with E-state index in [9.17, 15) is 19.5 Å². The molecular formula is C29H27NO6. The molecule has 1 unspecified atom stereocenters. The highest BCUT2D eigenvalue weighted by Gasteiger charge is 2.47. The van der Waals surface area contributed by atoms with E-state index in [2.05, 4.69) is 20.8 Å². The van der Waals surface area contributed by atoms with Crippen molar-refractivity contribution in [2.75, 3.05) is 11.5 Å². The van der Waals surface area contributed by atoms with E-state index in [1.807, 2.05) is 24.3 Å². The van der Waals surface area contributed by atoms with E-state index >= 15 is 0 Å². The number of carboxylic acids is 1. The van der Waals surface area contributed by atoms with Gasteiger partial charge in [0.15, 0.2) is 6.61 Å². The number of hydrogen-bond donors (Lipinski definition) is 2. The van der Waals surface area contributed by atoms with Gasteiger partial charge in [-0.2, -0.15) is 0 Å². The zero-order chi connectivity index (χ0) is 26.0. The number of ketones is 1. The van der Waals surface area contributed by atoms with Crippen molar-refractivity contribution in [3.8, 4) is 5.75 Å². The molecule has 1 heterocycles. The van der Waals surface area contributed by atoms with Crippen LogP contribution in [0, 0.1) is 0 Å². The normalized spacial score (nSPS) is 17.3. The maximum Gasteiger partial charge on any atom is 0.341 e. The average molecular weight is 486 g/mol. The van der Waals surface area contributed by atoms with Gasteiger partial charge in [0.1, 0.15) is 11.5 Å². The molecule has 1 aliphatic heterocycles. The van der Waals surface area contributed by atoms with Crippen molar-refractivity contribution in [3.63, 3.8) is 0 Å². The van der Waals surface area contributed by atoms with E-state index in [1.54, 1.807) is 42.5 Å². The number of amides is 1. The minimum atomic E-state index is -1.11. The Hall–Kier alpha value is -4.39. The number of aliphatic carboxylic acids is 1. The summed E-state index contributed by atoms with van der Waals surface area (Å²) in [4.78, 5) is 38.7. The predicted molar refractivity (Wildman–Crippen MR) is 136 cm³/mol. The number of carbonyl (C=O) groups is 3. The Morgan fingerprint density at radius 1 is 0.889 bits per heavy atom. The van der Waals surface area contributed by atoms with Crippen molar-refractivity contribution in [1.29, 1.82) is 0 Å². The van der Waals surface area contributed by atoms with Crippen LogP contribution in [0.15, 0.2) is 84.4 Å². The van der Waals surface area contributed by atoms with Gasteiger partial charge in [-0.1, -0.05) is 75.4 Å². The summed E-state index contributed by atoms with van der Waals surface area (Å²) in [6, 6.07) is 21.7. The van der Waals surface area contributed by atoms with E-state index in [1.165, 1.54) is 17.0 Å². The molecule has 4 rings (SSSR count). The fraction of sp³-hybridized carbons (Fsp3) is 0.207. The van der Waals surface area contributed by atoms with E-state index in [4.69, 9.17) is 9.84 Å². The summed E-state index contributed by atoms with van der Waals surface area (Å²) in [6.07, 6.45) is 0. The maximum absolute atomic E-state index is 13.3. The zero-order valence-corrected chi connectivity index (χ0v) is 20.3. The molecular weight excluding hydrogens is 458 g/mol. The molecule has 184 valence electrons. The molecule has 3 aromatic rings. The molecule has 1 saturated heterocycles. The Bertz CT molecular complexity index is 1320. The number of aliphatic hydroxyl groups is 1. The smallest absolute Gasteiger partial charge is 0.341 e. The molecule has 1 amide bonds. The molecule has 0 saturated carbocycles. The van der Waals surface area contributed by atoms with Gasteiger partial charge in [-0.25, -0.2) is 4.79 Å². The van der Waals surface area contributed by atoms with Crippen molar-refractivity contribution in [3.05, 3.63) is 101 Å². The van der Waals surface area contributed by atoms with Crippen LogP contribution in [0.1, 0.15) is 43.5 Å². The van der Waals surface area contributed by atoms with Crippen LogP contribution in [0.4, 0.5) is 5.69 Å². The van der Waals surface area contributed by atoms with Crippen LogP contribution in [0.2, 0.25) is 0 Å².